The average molecular weight is 355 g/mol. The Bertz CT molecular complexity index is 661. The Labute approximate surface area is 160 Å². The first-order valence-electron chi connectivity index (χ1n) is 11.6. The van der Waals surface area contributed by atoms with Crippen molar-refractivity contribution in [3.63, 3.8) is 0 Å². The van der Waals surface area contributed by atoms with Gasteiger partial charge in [-0.2, -0.15) is 0 Å². The lowest BCUT2D eigenvalue weighted by molar-refractivity contribution is -0.120. The van der Waals surface area contributed by atoms with Gasteiger partial charge in [-0.3, -0.25) is 4.79 Å². The minimum atomic E-state index is 0.399. The lowest BCUT2D eigenvalue weighted by Gasteiger charge is -2.61. The largest absolute Gasteiger partial charge is 0.295 e. The molecule has 5 aliphatic rings. The van der Waals surface area contributed by atoms with Crippen LogP contribution in [-0.4, -0.2) is 5.78 Å². The van der Waals surface area contributed by atoms with Crippen LogP contribution in [0.2, 0.25) is 0 Å². The van der Waals surface area contributed by atoms with Crippen molar-refractivity contribution >= 4 is 5.78 Å². The van der Waals surface area contributed by atoms with E-state index in [-0.39, 0.29) is 0 Å². The molecule has 0 saturated heterocycles. The molecule has 10 unspecified atom stereocenters. The van der Waals surface area contributed by atoms with Gasteiger partial charge in [0.15, 0.2) is 5.78 Å². The van der Waals surface area contributed by atoms with Gasteiger partial charge in [0.2, 0.25) is 0 Å². The number of fused-ring (bicyclic) bond motifs is 7. The number of hydrogen-bond acceptors (Lipinski definition) is 1. The second-order valence-corrected chi connectivity index (χ2v) is 11.1. The maximum Gasteiger partial charge on any atom is 0.155 e. The van der Waals surface area contributed by atoms with Crippen molar-refractivity contribution in [1.82, 2.24) is 0 Å². The molecule has 0 aliphatic heterocycles. The molecule has 0 bridgehead atoms. The smallest absolute Gasteiger partial charge is 0.155 e. The van der Waals surface area contributed by atoms with Crippen molar-refractivity contribution in [2.45, 2.75) is 79.6 Å². The number of carbonyl (C=O) groups excluding carboxylic acids is 1. The SMILES string of the molecule is CCC1(C)C2C(C)C2C2C3C(C)CC4=CC(=O)CCC4C3CCC21CC. The van der Waals surface area contributed by atoms with Gasteiger partial charge in [0.1, 0.15) is 0 Å². The molecule has 5 rings (SSSR count). The second-order valence-electron chi connectivity index (χ2n) is 11.1. The second kappa shape index (κ2) is 5.48. The van der Waals surface area contributed by atoms with E-state index in [2.05, 4.69) is 40.7 Å². The highest BCUT2D eigenvalue weighted by atomic mass is 16.1. The summed E-state index contributed by atoms with van der Waals surface area (Å²) in [5.74, 6) is 7.63. The van der Waals surface area contributed by atoms with Gasteiger partial charge >= 0.3 is 0 Å². The van der Waals surface area contributed by atoms with Crippen molar-refractivity contribution in [2.24, 2.45) is 58.2 Å². The number of hydrogen-bond donors (Lipinski definition) is 0. The summed E-state index contributed by atoms with van der Waals surface area (Å²) < 4.78 is 0. The predicted octanol–water partition coefficient (Wildman–Crippen LogP) is 6.28. The fraction of sp³-hybridized carbons (Fsp3) is 0.880. The van der Waals surface area contributed by atoms with E-state index < -0.39 is 0 Å². The third-order valence-electron chi connectivity index (χ3n) is 10.8. The molecular weight excluding hydrogens is 316 g/mol. The van der Waals surface area contributed by atoms with Crippen LogP contribution >= 0.6 is 0 Å². The molecule has 0 N–H and O–H groups in total. The Hall–Kier alpha value is -0.590. The van der Waals surface area contributed by atoms with Crippen LogP contribution in [0, 0.1) is 58.2 Å². The summed E-state index contributed by atoms with van der Waals surface area (Å²) >= 11 is 0. The van der Waals surface area contributed by atoms with Crippen molar-refractivity contribution in [3.05, 3.63) is 11.6 Å². The summed E-state index contributed by atoms with van der Waals surface area (Å²) in [5, 5.41) is 0. The van der Waals surface area contributed by atoms with E-state index in [1.165, 1.54) is 37.7 Å². The van der Waals surface area contributed by atoms with Crippen LogP contribution in [0.4, 0.5) is 0 Å². The quantitative estimate of drug-likeness (QED) is 0.570. The van der Waals surface area contributed by atoms with Gasteiger partial charge in [-0.25, -0.2) is 0 Å². The highest BCUT2D eigenvalue weighted by Crippen LogP contribution is 2.82. The van der Waals surface area contributed by atoms with Crippen molar-refractivity contribution in [2.75, 3.05) is 0 Å². The third kappa shape index (κ3) is 1.86. The van der Waals surface area contributed by atoms with Crippen LogP contribution in [0.3, 0.4) is 0 Å². The molecule has 5 aliphatic carbocycles. The molecule has 144 valence electrons. The molecule has 4 saturated carbocycles. The van der Waals surface area contributed by atoms with E-state index in [4.69, 9.17) is 0 Å². The number of allylic oxidation sites excluding steroid dienone is 1. The van der Waals surface area contributed by atoms with E-state index in [1.807, 2.05) is 0 Å². The van der Waals surface area contributed by atoms with E-state index in [0.717, 1.165) is 60.2 Å². The van der Waals surface area contributed by atoms with Crippen molar-refractivity contribution < 1.29 is 4.79 Å². The van der Waals surface area contributed by atoms with Gasteiger partial charge in [0, 0.05) is 6.42 Å². The van der Waals surface area contributed by atoms with Crippen LogP contribution in [-0.2, 0) is 4.79 Å². The molecule has 0 aromatic heterocycles. The van der Waals surface area contributed by atoms with Crippen molar-refractivity contribution in [3.8, 4) is 0 Å². The van der Waals surface area contributed by atoms with Crippen LogP contribution < -0.4 is 0 Å². The summed E-state index contributed by atoms with van der Waals surface area (Å²) in [6.45, 7) is 12.8. The first kappa shape index (κ1) is 17.5. The fourth-order valence-corrected chi connectivity index (χ4v) is 9.82. The minimum absolute atomic E-state index is 0.399. The lowest BCUT2D eigenvalue weighted by Crippen LogP contribution is -2.54. The number of ketones is 1. The van der Waals surface area contributed by atoms with Crippen LogP contribution in [0.1, 0.15) is 79.6 Å². The van der Waals surface area contributed by atoms with E-state index in [0.29, 0.717) is 16.6 Å². The molecule has 26 heavy (non-hydrogen) atoms. The molecule has 10 atom stereocenters. The van der Waals surface area contributed by atoms with E-state index >= 15 is 0 Å². The maximum absolute atomic E-state index is 12.0. The van der Waals surface area contributed by atoms with Gasteiger partial charge in [-0.1, -0.05) is 40.2 Å². The molecule has 0 heterocycles. The zero-order valence-electron chi connectivity index (χ0n) is 17.6. The summed E-state index contributed by atoms with van der Waals surface area (Å²) in [4.78, 5) is 12.0. The van der Waals surface area contributed by atoms with Crippen LogP contribution in [0.25, 0.3) is 0 Å². The molecule has 1 nitrogen and oxygen atoms in total. The average Bonchev–Trinajstić information content (AvgIpc) is 3.23. The Morgan fingerprint density at radius 1 is 1.08 bits per heavy atom. The molecule has 4 fully saturated rings. The monoisotopic (exact) mass is 354 g/mol. The standard InChI is InChI=1S/C25H38O/c1-6-24(5)22-15(4)21(22)23-20-14(3)12-16-13-17(26)8-9-18(16)19(20)10-11-25(23,24)7-2/h13-15,18-23H,6-12H2,1-5H3. The van der Waals surface area contributed by atoms with Gasteiger partial charge in [-0.05, 0) is 103 Å². The van der Waals surface area contributed by atoms with E-state index in [1.54, 1.807) is 0 Å². The summed E-state index contributed by atoms with van der Waals surface area (Å²) in [7, 11) is 0. The Balaban J connectivity index is 1.57. The molecule has 0 aromatic rings. The van der Waals surface area contributed by atoms with E-state index in [9.17, 15) is 4.79 Å². The highest BCUT2D eigenvalue weighted by Gasteiger charge is 2.77. The molecule has 0 aromatic carbocycles. The summed E-state index contributed by atoms with van der Waals surface area (Å²) in [5.41, 5.74) is 2.71. The van der Waals surface area contributed by atoms with Crippen LogP contribution in [0.15, 0.2) is 11.6 Å². The number of rotatable bonds is 2. The summed E-state index contributed by atoms with van der Waals surface area (Å²) in [6, 6.07) is 0. The summed E-state index contributed by atoms with van der Waals surface area (Å²) in [6.07, 6.45) is 10.9. The fourth-order valence-electron chi connectivity index (χ4n) is 9.82. The normalized spacial score (nSPS) is 57.6. The topological polar surface area (TPSA) is 17.1 Å². The first-order chi connectivity index (χ1) is 12.4. The predicted molar refractivity (Wildman–Crippen MR) is 107 cm³/mol. The van der Waals surface area contributed by atoms with Gasteiger partial charge in [0.05, 0.1) is 0 Å². The molecular formula is C25H38O. The van der Waals surface area contributed by atoms with Gasteiger partial charge < -0.3 is 0 Å². The Kier molecular flexibility index (Phi) is 3.69. The Morgan fingerprint density at radius 3 is 2.54 bits per heavy atom. The molecule has 0 amide bonds. The highest BCUT2D eigenvalue weighted by molar-refractivity contribution is 5.91. The van der Waals surface area contributed by atoms with Gasteiger partial charge in [0.25, 0.3) is 0 Å². The maximum atomic E-state index is 12.0. The zero-order valence-corrected chi connectivity index (χ0v) is 17.6. The Morgan fingerprint density at radius 2 is 1.85 bits per heavy atom. The lowest BCUT2D eigenvalue weighted by atomic mass is 9.43. The zero-order chi connectivity index (χ0) is 18.4. The van der Waals surface area contributed by atoms with Crippen LogP contribution in [0.5, 0.6) is 0 Å². The molecule has 1 heteroatoms. The van der Waals surface area contributed by atoms with Gasteiger partial charge in [-0.15, -0.1) is 0 Å². The number of carbonyl (C=O) groups is 1. The minimum Gasteiger partial charge on any atom is -0.295 e. The molecule has 0 radical (unpaired) electrons. The first-order valence-corrected chi connectivity index (χ1v) is 11.6. The van der Waals surface area contributed by atoms with Crippen molar-refractivity contribution in [1.29, 1.82) is 0 Å². The third-order valence-corrected chi connectivity index (χ3v) is 10.8. The molecule has 0 spiro atoms.